The van der Waals surface area contributed by atoms with Crippen molar-refractivity contribution in [3.05, 3.63) is 12.1 Å². The first-order chi connectivity index (χ1) is 5.14. The van der Waals surface area contributed by atoms with Crippen LogP contribution in [0.2, 0.25) is 6.32 Å². The van der Waals surface area contributed by atoms with Crippen LogP contribution < -0.4 is 0 Å². The molecule has 2 aliphatic rings. The van der Waals surface area contributed by atoms with E-state index in [0.29, 0.717) is 5.41 Å². The van der Waals surface area contributed by atoms with E-state index in [9.17, 15) is 0 Å². The van der Waals surface area contributed by atoms with Gasteiger partial charge in [-0.25, -0.2) is 0 Å². The molecule has 0 aromatic heterocycles. The summed E-state index contributed by atoms with van der Waals surface area (Å²) < 4.78 is 0. The molecule has 11 heavy (non-hydrogen) atoms. The Labute approximate surface area is 69.7 Å². The van der Waals surface area contributed by atoms with Gasteiger partial charge in [-0.1, -0.05) is 6.32 Å². The highest BCUT2D eigenvalue weighted by Crippen LogP contribution is 2.48. The molecule has 0 atom stereocenters. The van der Waals surface area contributed by atoms with Crippen molar-refractivity contribution in [3.63, 3.8) is 0 Å². The van der Waals surface area contributed by atoms with Gasteiger partial charge in [-0.15, -0.1) is 12.1 Å². The zero-order chi connectivity index (χ0) is 8.06. The summed E-state index contributed by atoms with van der Waals surface area (Å²) in [7, 11) is 1.28. The van der Waals surface area contributed by atoms with E-state index in [0.717, 1.165) is 6.04 Å². The standard InChI is InChI=1S/C9H16BN/c1-7(2)11-5-9(6-11)4-10-8(9)3/h7,10H,3-6H2,1-2H3. The van der Waals surface area contributed by atoms with Crippen LogP contribution >= 0.6 is 0 Å². The Kier molecular flexibility index (Phi) is 1.44. The van der Waals surface area contributed by atoms with Gasteiger partial charge >= 0.3 is 0 Å². The molecule has 1 nitrogen and oxygen atoms in total. The monoisotopic (exact) mass is 149 g/mol. The molecule has 0 aromatic rings. The van der Waals surface area contributed by atoms with Crippen LogP contribution in [0.1, 0.15) is 13.8 Å². The molecular formula is C9H16BN. The van der Waals surface area contributed by atoms with E-state index in [1.54, 1.807) is 0 Å². The Morgan fingerprint density at radius 1 is 1.55 bits per heavy atom. The van der Waals surface area contributed by atoms with Crippen molar-refractivity contribution >= 4 is 7.28 Å². The Balaban J connectivity index is 1.92. The van der Waals surface area contributed by atoms with Gasteiger partial charge in [0.2, 0.25) is 0 Å². The third-order valence-corrected chi connectivity index (χ3v) is 3.40. The topological polar surface area (TPSA) is 3.24 Å². The molecule has 0 unspecified atom stereocenters. The molecular weight excluding hydrogens is 133 g/mol. The van der Waals surface area contributed by atoms with Crippen LogP contribution in [-0.2, 0) is 0 Å². The zero-order valence-corrected chi connectivity index (χ0v) is 7.56. The van der Waals surface area contributed by atoms with Crippen LogP contribution in [0.5, 0.6) is 0 Å². The van der Waals surface area contributed by atoms with Gasteiger partial charge in [0.25, 0.3) is 0 Å². The number of nitrogens with zero attached hydrogens (tertiary/aromatic N) is 1. The number of hydrogen-bond donors (Lipinski definition) is 0. The van der Waals surface area contributed by atoms with E-state index in [-0.39, 0.29) is 0 Å². The van der Waals surface area contributed by atoms with Crippen molar-refractivity contribution in [2.24, 2.45) is 5.41 Å². The molecule has 0 radical (unpaired) electrons. The molecule has 0 bridgehead atoms. The number of likely N-dealkylation sites (tertiary alicyclic amines) is 1. The second kappa shape index (κ2) is 2.13. The summed E-state index contributed by atoms with van der Waals surface area (Å²) in [5.74, 6) is 0. The van der Waals surface area contributed by atoms with E-state index in [1.165, 1.54) is 32.2 Å². The van der Waals surface area contributed by atoms with Gasteiger partial charge in [-0.3, -0.25) is 4.90 Å². The lowest BCUT2D eigenvalue weighted by atomic mass is 9.37. The molecule has 60 valence electrons. The van der Waals surface area contributed by atoms with Gasteiger partial charge in [0.05, 0.1) is 0 Å². The minimum atomic E-state index is 0.588. The number of rotatable bonds is 1. The largest absolute Gasteiger partial charge is 0.299 e. The van der Waals surface area contributed by atoms with Crippen molar-refractivity contribution < 1.29 is 0 Å². The molecule has 2 rings (SSSR count). The predicted octanol–water partition coefficient (Wildman–Crippen LogP) is 1.08. The van der Waals surface area contributed by atoms with Crippen molar-refractivity contribution in [1.82, 2.24) is 4.90 Å². The molecule has 0 aliphatic carbocycles. The molecule has 0 amide bonds. The smallest absolute Gasteiger partial charge is 0.153 e. The average molecular weight is 149 g/mol. The van der Waals surface area contributed by atoms with Crippen molar-refractivity contribution in [2.75, 3.05) is 13.1 Å². The molecule has 2 heteroatoms. The highest BCUT2D eigenvalue weighted by Gasteiger charge is 2.50. The van der Waals surface area contributed by atoms with Gasteiger partial charge in [0.1, 0.15) is 0 Å². The lowest BCUT2D eigenvalue weighted by molar-refractivity contribution is 0.0148. The van der Waals surface area contributed by atoms with E-state index in [4.69, 9.17) is 0 Å². The maximum Gasteiger partial charge on any atom is 0.153 e. The van der Waals surface area contributed by atoms with Gasteiger partial charge in [-0.05, 0) is 13.8 Å². The third kappa shape index (κ3) is 0.887. The van der Waals surface area contributed by atoms with Crippen molar-refractivity contribution in [1.29, 1.82) is 0 Å². The van der Waals surface area contributed by atoms with Crippen LogP contribution in [0, 0.1) is 5.41 Å². The van der Waals surface area contributed by atoms with E-state index in [2.05, 4.69) is 25.3 Å². The normalized spacial score (nSPS) is 28.1. The molecule has 0 saturated carbocycles. The second-order valence-electron chi connectivity index (χ2n) is 4.38. The summed E-state index contributed by atoms with van der Waals surface area (Å²) in [5.41, 5.74) is 2.10. The van der Waals surface area contributed by atoms with Crippen molar-refractivity contribution in [3.8, 4) is 0 Å². The Hall–Kier alpha value is -0.235. The molecule has 0 aromatic carbocycles. The van der Waals surface area contributed by atoms with Gasteiger partial charge in [-0.2, -0.15) is 0 Å². The summed E-state index contributed by atoms with van der Waals surface area (Å²) >= 11 is 0. The van der Waals surface area contributed by atoms with Gasteiger partial charge < -0.3 is 0 Å². The van der Waals surface area contributed by atoms with E-state index < -0.39 is 0 Å². The van der Waals surface area contributed by atoms with Crippen LogP contribution in [0.25, 0.3) is 0 Å². The minimum Gasteiger partial charge on any atom is -0.299 e. The summed E-state index contributed by atoms with van der Waals surface area (Å²) in [6.45, 7) is 11.2. The SMILES string of the molecule is C=C1BCC12CN(C(C)C)C2. The summed E-state index contributed by atoms with van der Waals surface area (Å²) in [6, 6.07) is 0.731. The Bertz CT molecular complexity index is 192. The maximum absolute atomic E-state index is 4.10. The van der Waals surface area contributed by atoms with E-state index in [1.807, 2.05) is 0 Å². The fourth-order valence-corrected chi connectivity index (χ4v) is 2.13. The van der Waals surface area contributed by atoms with Crippen LogP contribution in [0.15, 0.2) is 12.1 Å². The summed E-state index contributed by atoms with van der Waals surface area (Å²) in [5, 5.41) is 0. The van der Waals surface area contributed by atoms with Gasteiger partial charge in [0, 0.05) is 24.5 Å². The first-order valence-electron chi connectivity index (χ1n) is 4.56. The lowest BCUT2D eigenvalue weighted by Crippen LogP contribution is -2.64. The van der Waals surface area contributed by atoms with Gasteiger partial charge in [0.15, 0.2) is 7.28 Å². The zero-order valence-electron chi connectivity index (χ0n) is 7.56. The average Bonchev–Trinajstić information content (AvgIpc) is 1.81. The highest BCUT2D eigenvalue weighted by atomic mass is 15.2. The Morgan fingerprint density at radius 3 is 2.45 bits per heavy atom. The third-order valence-electron chi connectivity index (χ3n) is 3.40. The second-order valence-corrected chi connectivity index (χ2v) is 4.38. The molecule has 2 heterocycles. The molecule has 0 N–H and O–H groups in total. The first kappa shape index (κ1) is 7.42. The number of hydrogen-bond acceptors (Lipinski definition) is 1. The lowest BCUT2D eigenvalue weighted by Gasteiger charge is -2.59. The maximum atomic E-state index is 4.10. The van der Waals surface area contributed by atoms with Crippen LogP contribution in [-0.4, -0.2) is 31.3 Å². The fourth-order valence-electron chi connectivity index (χ4n) is 2.13. The molecule has 2 saturated heterocycles. The fraction of sp³-hybridized carbons (Fsp3) is 0.778. The molecule has 1 spiro atoms. The minimum absolute atomic E-state index is 0.588. The van der Waals surface area contributed by atoms with Crippen LogP contribution in [0.4, 0.5) is 0 Å². The highest BCUT2D eigenvalue weighted by molar-refractivity contribution is 6.51. The molecule has 2 aliphatic heterocycles. The van der Waals surface area contributed by atoms with Crippen molar-refractivity contribution in [2.45, 2.75) is 26.2 Å². The molecule has 2 fully saturated rings. The first-order valence-corrected chi connectivity index (χ1v) is 4.56. The Morgan fingerprint density at radius 2 is 2.18 bits per heavy atom. The predicted molar refractivity (Wildman–Crippen MR) is 50.2 cm³/mol. The summed E-state index contributed by atoms with van der Waals surface area (Å²) in [6.07, 6.45) is 1.40. The summed E-state index contributed by atoms with van der Waals surface area (Å²) in [4.78, 5) is 2.53. The van der Waals surface area contributed by atoms with E-state index >= 15 is 0 Å². The quantitative estimate of drug-likeness (QED) is 0.504. The van der Waals surface area contributed by atoms with Crippen LogP contribution in [0.3, 0.4) is 0 Å².